The van der Waals surface area contributed by atoms with Crippen LogP contribution in [0.3, 0.4) is 0 Å². The summed E-state index contributed by atoms with van der Waals surface area (Å²) in [6.45, 7) is -0.0721. The summed E-state index contributed by atoms with van der Waals surface area (Å²) >= 11 is 0. The molecule has 0 saturated heterocycles. The molecule has 0 aliphatic rings. The van der Waals surface area contributed by atoms with Gasteiger partial charge >= 0.3 is 0 Å². The normalized spacial score (nSPS) is 11.2. The predicted octanol–water partition coefficient (Wildman–Crippen LogP) is 2.19. The van der Waals surface area contributed by atoms with E-state index in [4.69, 9.17) is 5.14 Å². The number of benzene rings is 2. The second kappa shape index (κ2) is 6.06. The molecule has 0 bridgehead atoms. The Balaban J connectivity index is 2.12. The molecular formula is C13H13F2N3O2S. The molecule has 8 heteroatoms. The summed E-state index contributed by atoms with van der Waals surface area (Å²) in [5, 5.41) is 7.68. The van der Waals surface area contributed by atoms with E-state index in [-0.39, 0.29) is 17.8 Å². The molecule has 21 heavy (non-hydrogen) atoms. The van der Waals surface area contributed by atoms with Crippen LogP contribution in [0.5, 0.6) is 0 Å². The zero-order valence-corrected chi connectivity index (χ0v) is 11.6. The second-order valence-corrected chi connectivity index (χ2v) is 5.58. The van der Waals surface area contributed by atoms with Crippen LogP contribution in [0.15, 0.2) is 42.5 Å². The predicted molar refractivity (Wildman–Crippen MR) is 76.9 cm³/mol. The van der Waals surface area contributed by atoms with Crippen molar-refractivity contribution in [2.75, 3.05) is 10.0 Å². The number of anilines is 2. The Hall–Kier alpha value is -2.19. The molecule has 4 N–H and O–H groups in total. The molecule has 2 aromatic rings. The van der Waals surface area contributed by atoms with Crippen molar-refractivity contribution in [1.29, 1.82) is 0 Å². The zero-order valence-electron chi connectivity index (χ0n) is 10.8. The van der Waals surface area contributed by atoms with Crippen molar-refractivity contribution in [2.45, 2.75) is 6.54 Å². The van der Waals surface area contributed by atoms with Crippen molar-refractivity contribution in [2.24, 2.45) is 5.14 Å². The number of rotatable bonds is 5. The molecule has 0 atom stereocenters. The quantitative estimate of drug-likeness (QED) is 0.791. The Morgan fingerprint density at radius 2 is 1.57 bits per heavy atom. The summed E-state index contributed by atoms with van der Waals surface area (Å²) in [5.74, 6) is -1.30. The zero-order chi connectivity index (χ0) is 15.5. The van der Waals surface area contributed by atoms with Gasteiger partial charge < -0.3 is 5.32 Å². The van der Waals surface area contributed by atoms with Gasteiger partial charge in [-0.15, -0.1) is 0 Å². The number of hydrogen-bond acceptors (Lipinski definition) is 3. The smallest absolute Gasteiger partial charge is 0.296 e. The average Bonchev–Trinajstić information content (AvgIpc) is 2.36. The van der Waals surface area contributed by atoms with Gasteiger partial charge in [-0.25, -0.2) is 13.9 Å². The largest absolute Gasteiger partial charge is 0.381 e. The van der Waals surface area contributed by atoms with Crippen LogP contribution in [0.1, 0.15) is 5.56 Å². The van der Waals surface area contributed by atoms with Crippen molar-refractivity contribution >= 4 is 21.6 Å². The molecule has 0 aliphatic carbocycles. The molecule has 112 valence electrons. The fourth-order valence-electron chi connectivity index (χ4n) is 1.75. The summed E-state index contributed by atoms with van der Waals surface area (Å²) in [5.41, 5.74) is 0.644. The fraction of sp³-hybridized carbons (Fsp3) is 0.0769. The van der Waals surface area contributed by atoms with Crippen LogP contribution in [0, 0.1) is 11.6 Å². The monoisotopic (exact) mass is 313 g/mol. The van der Waals surface area contributed by atoms with Crippen LogP contribution in [-0.4, -0.2) is 8.42 Å². The van der Waals surface area contributed by atoms with E-state index in [2.05, 4.69) is 10.0 Å². The SMILES string of the molecule is NS(=O)(=O)Nc1cccc(NCc2c(F)cccc2F)c1. The fourth-order valence-corrected chi connectivity index (χ4v) is 2.20. The van der Waals surface area contributed by atoms with Crippen molar-refractivity contribution in [3.05, 3.63) is 59.7 Å². The molecule has 0 amide bonds. The first-order chi connectivity index (χ1) is 9.85. The molecule has 2 rings (SSSR count). The van der Waals surface area contributed by atoms with E-state index in [1.165, 1.54) is 30.3 Å². The number of nitrogens with one attached hydrogen (secondary N) is 2. The Morgan fingerprint density at radius 1 is 1.00 bits per heavy atom. The van der Waals surface area contributed by atoms with E-state index in [9.17, 15) is 17.2 Å². The molecule has 0 unspecified atom stereocenters. The van der Waals surface area contributed by atoms with E-state index in [1.807, 2.05) is 0 Å². The molecule has 0 aliphatic heterocycles. The summed E-state index contributed by atoms with van der Waals surface area (Å²) in [7, 11) is -3.87. The maximum absolute atomic E-state index is 13.5. The van der Waals surface area contributed by atoms with E-state index in [1.54, 1.807) is 12.1 Å². The summed E-state index contributed by atoms with van der Waals surface area (Å²) in [6, 6.07) is 9.78. The van der Waals surface area contributed by atoms with Gasteiger partial charge in [0.2, 0.25) is 0 Å². The highest BCUT2D eigenvalue weighted by Crippen LogP contribution is 2.18. The summed E-state index contributed by atoms with van der Waals surface area (Å²) in [6.07, 6.45) is 0. The minimum Gasteiger partial charge on any atom is -0.381 e. The van der Waals surface area contributed by atoms with Gasteiger partial charge in [-0.2, -0.15) is 8.42 Å². The summed E-state index contributed by atoms with van der Waals surface area (Å²) in [4.78, 5) is 0. The van der Waals surface area contributed by atoms with Crippen LogP contribution < -0.4 is 15.2 Å². The molecule has 0 spiro atoms. The van der Waals surface area contributed by atoms with Gasteiger partial charge in [-0.05, 0) is 30.3 Å². The second-order valence-electron chi connectivity index (χ2n) is 4.28. The maximum atomic E-state index is 13.5. The maximum Gasteiger partial charge on any atom is 0.296 e. The van der Waals surface area contributed by atoms with Crippen molar-refractivity contribution in [3.63, 3.8) is 0 Å². The highest BCUT2D eigenvalue weighted by Gasteiger charge is 2.08. The molecule has 2 aromatic carbocycles. The topological polar surface area (TPSA) is 84.2 Å². The third kappa shape index (κ3) is 4.40. The lowest BCUT2D eigenvalue weighted by molar-refractivity contribution is 0.560. The molecular weight excluding hydrogens is 300 g/mol. The van der Waals surface area contributed by atoms with Crippen LogP contribution >= 0.6 is 0 Å². The Morgan fingerprint density at radius 3 is 2.19 bits per heavy atom. The molecule has 0 saturated carbocycles. The van der Waals surface area contributed by atoms with Gasteiger partial charge in [0.25, 0.3) is 10.2 Å². The first-order valence-electron chi connectivity index (χ1n) is 5.92. The first kappa shape index (κ1) is 15.2. The Bertz CT molecular complexity index is 731. The van der Waals surface area contributed by atoms with E-state index >= 15 is 0 Å². The van der Waals surface area contributed by atoms with E-state index in [0.29, 0.717) is 5.69 Å². The standard InChI is InChI=1S/C13H13F2N3O2S/c14-12-5-2-6-13(15)11(12)8-17-9-3-1-4-10(7-9)18-21(16,19)20/h1-7,17-18H,8H2,(H2,16,19,20). The van der Waals surface area contributed by atoms with Gasteiger partial charge in [0.15, 0.2) is 0 Å². The van der Waals surface area contributed by atoms with Crippen molar-refractivity contribution < 1.29 is 17.2 Å². The lowest BCUT2D eigenvalue weighted by atomic mass is 10.2. The molecule has 5 nitrogen and oxygen atoms in total. The lowest BCUT2D eigenvalue weighted by Gasteiger charge is -2.10. The van der Waals surface area contributed by atoms with Gasteiger partial charge in [0, 0.05) is 17.8 Å². The van der Waals surface area contributed by atoms with Gasteiger partial charge in [0.05, 0.1) is 5.69 Å². The molecule has 0 heterocycles. The summed E-state index contributed by atoms with van der Waals surface area (Å²) < 4.78 is 50.9. The van der Waals surface area contributed by atoms with Crippen molar-refractivity contribution in [1.82, 2.24) is 0 Å². The highest BCUT2D eigenvalue weighted by molar-refractivity contribution is 7.90. The lowest BCUT2D eigenvalue weighted by Crippen LogP contribution is -2.21. The molecule has 0 radical (unpaired) electrons. The van der Waals surface area contributed by atoms with Crippen LogP contribution in [0.25, 0.3) is 0 Å². The third-order valence-electron chi connectivity index (χ3n) is 2.65. The van der Waals surface area contributed by atoms with Crippen LogP contribution in [0.4, 0.5) is 20.2 Å². The minimum absolute atomic E-state index is 0.0721. The average molecular weight is 313 g/mol. The molecule has 0 aromatic heterocycles. The van der Waals surface area contributed by atoms with E-state index < -0.39 is 21.8 Å². The number of nitrogens with two attached hydrogens (primary N) is 1. The number of halogens is 2. The van der Waals surface area contributed by atoms with Crippen molar-refractivity contribution in [3.8, 4) is 0 Å². The van der Waals surface area contributed by atoms with Crippen LogP contribution in [0.2, 0.25) is 0 Å². The minimum atomic E-state index is -3.87. The van der Waals surface area contributed by atoms with Gasteiger partial charge in [-0.1, -0.05) is 12.1 Å². The Labute approximate surface area is 121 Å². The first-order valence-corrected chi connectivity index (χ1v) is 7.47. The number of hydrogen-bond donors (Lipinski definition) is 3. The van der Waals surface area contributed by atoms with E-state index in [0.717, 1.165) is 0 Å². The highest BCUT2D eigenvalue weighted by atomic mass is 32.2. The Kier molecular flexibility index (Phi) is 4.39. The third-order valence-corrected chi connectivity index (χ3v) is 3.17. The van der Waals surface area contributed by atoms with Crippen LogP contribution in [-0.2, 0) is 16.8 Å². The van der Waals surface area contributed by atoms with Gasteiger partial charge in [0.1, 0.15) is 11.6 Å². The molecule has 0 fully saturated rings. The van der Waals surface area contributed by atoms with Gasteiger partial charge in [-0.3, -0.25) is 4.72 Å².